The van der Waals surface area contributed by atoms with Gasteiger partial charge in [-0.1, -0.05) is 0 Å². The molecular weight excluding hydrogens is 434 g/mol. The van der Waals surface area contributed by atoms with Crippen LogP contribution in [-0.4, -0.2) is 103 Å². The van der Waals surface area contributed by atoms with Gasteiger partial charge >= 0.3 is 0 Å². The van der Waals surface area contributed by atoms with Crippen molar-refractivity contribution in [2.75, 3.05) is 63.9 Å². The maximum Gasteiger partial charge on any atom is 0.255 e. The molecule has 4 heterocycles. The molecule has 0 spiro atoms. The van der Waals surface area contributed by atoms with Gasteiger partial charge in [-0.3, -0.25) is 24.6 Å². The third-order valence-corrected chi connectivity index (χ3v) is 7.88. The van der Waals surface area contributed by atoms with Gasteiger partial charge in [-0.05, 0) is 48.9 Å². The van der Waals surface area contributed by atoms with E-state index in [9.17, 15) is 14.4 Å². The highest BCUT2D eigenvalue weighted by Crippen LogP contribution is 2.32. The number of piperazine rings is 1. The number of nitrogens with zero attached hydrogens (tertiary/aromatic N) is 4. The van der Waals surface area contributed by atoms with Gasteiger partial charge in [0, 0.05) is 76.6 Å². The third kappa shape index (κ3) is 4.82. The van der Waals surface area contributed by atoms with Crippen LogP contribution in [-0.2, 0) is 16.1 Å². The molecule has 0 aromatic heterocycles. The Morgan fingerprint density at radius 3 is 2.38 bits per heavy atom. The number of β-amino-alcohol motifs (C(OH)–C–C–N with tert-alkyl or cyclic N) is 1. The molecule has 1 unspecified atom stereocenters. The smallest absolute Gasteiger partial charge is 0.255 e. The van der Waals surface area contributed by atoms with E-state index in [1.165, 1.54) is 0 Å². The Kier molecular flexibility index (Phi) is 6.85. The zero-order valence-electron chi connectivity index (χ0n) is 19.7. The summed E-state index contributed by atoms with van der Waals surface area (Å²) in [5.74, 6) is -0.0388. The quantitative estimate of drug-likeness (QED) is 0.578. The highest BCUT2D eigenvalue weighted by atomic mass is 16.3. The topological polar surface area (TPSA) is 96.4 Å². The molecule has 1 aromatic carbocycles. The van der Waals surface area contributed by atoms with Crippen LogP contribution in [0.1, 0.15) is 41.6 Å². The van der Waals surface area contributed by atoms with Gasteiger partial charge in [0.15, 0.2) is 0 Å². The van der Waals surface area contributed by atoms with E-state index in [0.29, 0.717) is 24.4 Å². The molecule has 0 bridgehead atoms. The Balaban J connectivity index is 1.14. The Morgan fingerprint density at radius 1 is 0.941 bits per heavy atom. The summed E-state index contributed by atoms with van der Waals surface area (Å²) >= 11 is 0. The standard InChI is InChI=1S/C25H35N5O4/c31-14-13-27-9-11-28(12-10-27)16-18-5-7-29(8-6-18)20-1-2-21-19(15-20)17-30(25(21)34)22-3-4-23(32)26-24(22)33/h1-2,15,18,22,31H,3-14,16-17H2,(H,26,32,33). The maximum absolute atomic E-state index is 12.9. The molecule has 4 aliphatic rings. The molecule has 34 heavy (non-hydrogen) atoms. The van der Waals surface area contributed by atoms with Gasteiger partial charge in [0.1, 0.15) is 6.04 Å². The number of piperidine rings is 2. The number of fused-ring (bicyclic) bond motifs is 1. The molecule has 0 aliphatic carbocycles. The van der Waals surface area contributed by atoms with Gasteiger partial charge in [0.25, 0.3) is 5.91 Å². The predicted octanol–water partition coefficient (Wildman–Crippen LogP) is 0.274. The van der Waals surface area contributed by atoms with Crippen molar-refractivity contribution in [1.29, 1.82) is 0 Å². The normalized spacial score (nSPS) is 25.1. The number of aliphatic hydroxyl groups excluding tert-OH is 1. The number of benzene rings is 1. The fourth-order valence-corrected chi connectivity index (χ4v) is 5.83. The molecule has 0 saturated carbocycles. The number of amides is 3. The van der Waals surface area contributed by atoms with Crippen LogP contribution >= 0.6 is 0 Å². The summed E-state index contributed by atoms with van der Waals surface area (Å²) in [5.41, 5.74) is 2.78. The first-order chi connectivity index (χ1) is 16.5. The van der Waals surface area contributed by atoms with Gasteiger partial charge in [0.05, 0.1) is 6.61 Å². The zero-order valence-corrected chi connectivity index (χ0v) is 19.7. The SMILES string of the molecule is O=C1CCC(N2Cc3cc(N4CCC(CN5CCN(CCO)CC5)CC4)ccc3C2=O)C(=O)N1. The van der Waals surface area contributed by atoms with Crippen molar-refractivity contribution in [2.45, 2.75) is 38.3 Å². The molecule has 1 aromatic rings. The number of imide groups is 1. The molecule has 1 atom stereocenters. The minimum absolute atomic E-state index is 0.117. The Hall–Kier alpha value is -2.49. The molecule has 2 N–H and O–H groups in total. The molecule has 3 saturated heterocycles. The summed E-state index contributed by atoms with van der Waals surface area (Å²) in [6.45, 7) is 8.89. The van der Waals surface area contributed by atoms with Crippen molar-refractivity contribution >= 4 is 23.4 Å². The molecule has 0 radical (unpaired) electrons. The van der Waals surface area contributed by atoms with E-state index in [4.69, 9.17) is 5.11 Å². The number of anilines is 1. The van der Waals surface area contributed by atoms with E-state index in [-0.39, 0.29) is 30.7 Å². The lowest BCUT2D eigenvalue weighted by Crippen LogP contribution is -2.52. The molecular formula is C25H35N5O4. The van der Waals surface area contributed by atoms with Crippen LogP contribution in [0.3, 0.4) is 0 Å². The second-order valence-electron chi connectivity index (χ2n) is 10.0. The number of nitrogens with one attached hydrogen (secondary N) is 1. The van der Waals surface area contributed by atoms with Gasteiger partial charge < -0.3 is 19.8 Å². The highest BCUT2D eigenvalue weighted by Gasteiger charge is 2.39. The Bertz CT molecular complexity index is 937. The first kappa shape index (κ1) is 23.3. The Labute approximate surface area is 200 Å². The molecule has 3 amide bonds. The second-order valence-corrected chi connectivity index (χ2v) is 10.0. The predicted molar refractivity (Wildman–Crippen MR) is 127 cm³/mol. The summed E-state index contributed by atoms with van der Waals surface area (Å²) in [7, 11) is 0. The number of carbonyl (C=O) groups is 3. The van der Waals surface area contributed by atoms with Gasteiger partial charge in [-0.2, -0.15) is 0 Å². The van der Waals surface area contributed by atoms with Crippen LogP contribution in [0, 0.1) is 5.92 Å². The van der Waals surface area contributed by atoms with Gasteiger partial charge in [-0.15, -0.1) is 0 Å². The number of rotatable bonds is 6. The van der Waals surface area contributed by atoms with E-state index in [2.05, 4.69) is 26.1 Å². The van der Waals surface area contributed by atoms with Crippen molar-refractivity contribution in [3.8, 4) is 0 Å². The van der Waals surface area contributed by atoms with Crippen LogP contribution in [0.15, 0.2) is 18.2 Å². The summed E-state index contributed by atoms with van der Waals surface area (Å²) in [4.78, 5) is 45.6. The second kappa shape index (κ2) is 10.0. The van der Waals surface area contributed by atoms with Gasteiger partial charge in [0.2, 0.25) is 11.8 Å². The monoisotopic (exact) mass is 469 g/mol. The average Bonchev–Trinajstić information content (AvgIpc) is 3.16. The van der Waals surface area contributed by atoms with E-state index >= 15 is 0 Å². The van der Waals surface area contributed by atoms with E-state index in [1.54, 1.807) is 4.90 Å². The average molecular weight is 470 g/mol. The minimum atomic E-state index is -0.567. The summed E-state index contributed by atoms with van der Waals surface area (Å²) in [5, 5.41) is 11.5. The lowest BCUT2D eigenvalue weighted by molar-refractivity contribution is -0.136. The Morgan fingerprint density at radius 2 is 1.68 bits per heavy atom. The summed E-state index contributed by atoms with van der Waals surface area (Å²) < 4.78 is 0. The van der Waals surface area contributed by atoms with E-state index < -0.39 is 6.04 Å². The fraction of sp³-hybridized carbons (Fsp3) is 0.640. The molecule has 184 valence electrons. The van der Waals surface area contributed by atoms with Crippen LogP contribution < -0.4 is 10.2 Å². The molecule has 9 heteroatoms. The minimum Gasteiger partial charge on any atom is -0.395 e. The van der Waals surface area contributed by atoms with Crippen molar-refractivity contribution in [2.24, 2.45) is 5.92 Å². The summed E-state index contributed by atoms with van der Waals surface area (Å²) in [6, 6.07) is 5.48. The number of hydrogen-bond donors (Lipinski definition) is 2. The zero-order chi connectivity index (χ0) is 23.7. The molecule has 4 aliphatic heterocycles. The van der Waals surface area contributed by atoms with Crippen molar-refractivity contribution in [3.63, 3.8) is 0 Å². The molecule has 3 fully saturated rings. The lowest BCUT2D eigenvalue weighted by Gasteiger charge is -2.39. The van der Waals surface area contributed by atoms with E-state index in [1.807, 2.05) is 12.1 Å². The molecule has 9 nitrogen and oxygen atoms in total. The maximum atomic E-state index is 12.9. The fourth-order valence-electron chi connectivity index (χ4n) is 5.83. The van der Waals surface area contributed by atoms with Crippen molar-refractivity contribution in [3.05, 3.63) is 29.3 Å². The van der Waals surface area contributed by atoms with Crippen molar-refractivity contribution < 1.29 is 19.5 Å². The molecule has 5 rings (SSSR count). The first-order valence-corrected chi connectivity index (χ1v) is 12.6. The third-order valence-electron chi connectivity index (χ3n) is 7.88. The van der Waals surface area contributed by atoms with Gasteiger partial charge in [-0.25, -0.2) is 0 Å². The van der Waals surface area contributed by atoms with Crippen LogP contribution in [0.5, 0.6) is 0 Å². The lowest BCUT2D eigenvalue weighted by atomic mass is 9.95. The van der Waals surface area contributed by atoms with Crippen LogP contribution in [0.4, 0.5) is 5.69 Å². The van der Waals surface area contributed by atoms with Crippen LogP contribution in [0.2, 0.25) is 0 Å². The number of carbonyl (C=O) groups excluding carboxylic acids is 3. The highest BCUT2D eigenvalue weighted by molar-refractivity contribution is 6.05. The van der Waals surface area contributed by atoms with E-state index in [0.717, 1.165) is 76.5 Å². The largest absolute Gasteiger partial charge is 0.395 e. The summed E-state index contributed by atoms with van der Waals surface area (Å²) in [6.07, 6.45) is 2.99. The first-order valence-electron chi connectivity index (χ1n) is 12.6. The number of aliphatic hydroxyl groups is 1. The van der Waals surface area contributed by atoms with Crippen molar-refractivity contribution in [1.82, 2.24) is 20.0 Å². The number of hydrogen-bond acceptors (Lipinski definition) is 7. The van der Waals surface area contributed by atoms with Crippen LogP contribution in [0.25, 0.3) is 0 Å².